The summed E-state index contributed by atoms with van der Waals surface area (Å²) in [5, 5.41) is 13.8. The average molecular weight is 499 g/mol. The summed E-state index contributed by atoms with van der Waals surface area (Å²) < 4.78 is 0. The van der Waals surface area contributed by atoms with Crippen LogP contribution in [0.4, 0.5) is 5.69 Å². The molecule has 1 fully saturated rings. The predicted molar refractivity (Wildman–Crippen MR) is 144 cm³/mol. The lowest BCUT2D eigenvalue weighted by molar-refractivity contribution is 0.102. The molecule has 184 valence electrons. The molecule has 2 heterocycles. The van der Waals surface area contributed by atoms with Gasteiger partial charge in [-0.2, -0.15) is 0 Å². The number of carbonyl (C=O) groups is 1. The Kier molecular flexibility index (Phi) is 7.44. The molecule has 0 radical (unpaired) electrons. The number of anilines is 1. The van der Waals surface area contributed by atoms with Crippen LogP contribution in [0.15, 0.2) is 60.7 Å². The zero-order chi connectivity index (χ0) is 24.9. The van der Waals surface area contributed by atoms with Crippen LogP contribution in [0.25, 0.3) is 22.0 Å². The van der Waals surface area contributed by atoms with Crippen molar-refractivity contribution in [1.29, 1.82) is 0 Å². The molecule has 8 heteroatoms. The van der Waals surface area contributed by atoms with Crippen LogP contribution in [0, 0.1) is 0 Å². The summed E-state index contributed by atoms with van der Waals surface area (Å²) in [5.41, 5.74) is 3.67. The Morgan fingerprint density at radius 3 is 2.56 bits per heavy atom. The summed E-state index contributed by atoms with van der Waals surface area (Å²) in [6, 6.07) is 19.3. The lowest BCUT2D eigenvalue weighted by Gasteiger charge is -2.21. The van der Waals surface area contributed by atoms with E-state index in [-0.39, 0.29) is 5.91 Å². The fourth-order valence-electron chi connectivity index (χ4n) is 4.16. The van der Waals surface area contributed by atoms with Gasteiger partial charge in [0.05, 0.1) is 5.69 Å². The first-order chi connectivity index (χ1) is 17.6. The fourth-order valence-corrected chi connectivity index (χ4v) is 5.21. The van der Waals surface area contributed by atoms with Crippen LogP contribution in [0.3, 0.4) is 0 Å². The molecule has 1 N–H and O–H groups in total. The summed E-state index contributed by atoms with van der Waals surface area (Å²) in [7, 11) is 4.11. The topological polar surface area (TPSA) is 83.9 Å². The van der Waals surface area contributed by atoms with E-state index in [0.717, 1.165) is 46.2 Å². The Labute approximate surface area is 215 Å². The molecule has 0 spiro atoms. The highest BCUT2D eigenvalue weighted by atomic mass is 32.1. The number of amides is 1. The highest BCUT2D eigenvalue weighted by molar-refractivity contribution is 7.14. The minimum absolute atomic E-state index is 0.264. The molecule has 4 aromatic rings. The van der Waals surface area contributed by atoms with Gasteiger partial charge >= 0.3 is 0 Å². The van der Waals surface area contributed by atoms with Gasteiger partial charge in [-0.15, -0.1) is 10.2 Å². The van der Waals surface area contributed by atoms with Crippen LogP contribution in [0.1, 0.15) is 52.8 Å². The number of aryl methyl sites for hydroxylation is 1. The van der Waals surface area contributed by atoms with Crippen LogP contribution in [-0.4, -0.2) is 51.6 Å². The van der Waals surface area contributed by atoms with E-state index < -0.39 is 0 Å². The lowest BCUT2D eigenvalue weighted by atomic mass is 9.86. The first-order valence-corrected chi connectivity index (χ1v) is 13.2. The third kappa shape index (κ3) is 5.66. The van der Waals surface area contributed by atoms with E-state index in [1.165, 1.54) is 19.3 Å². The zero-order valence-corrected chi connectivity index (χ0v) is 21.5. The minimum Gasteiger partial charge on any atom is -0.320 e. The summed E-state index contributed by atoms with van der Waals surface area (Å²) in [6.07, 6.45) is 5.34. The summed E-state index contributed by atoms with van der Waals surface area (Å²) >= 11 is 1.62. The molecule has 0 unspecified atom stereocenters. The van der Waals surface area contributed by atoms with Gasteiger partial charge in [-0.05, 0) is 64.5 Å². The van der Waals surface area contributed by atoms with Crippen molar-refractivity contribution in [2.75, 3.05) is 26.0 Å². The number of benzene rings is 2. The minimum atomic E-state index is -0.264. The van der Waals surface area contributed by atoms with E-state index in [0.29, 0.717) is 23.1 Å². The highest BCUT2D eigenvalue weighted by Gasteiger charge is 2.24. The van der Waals surface area contributed by atoms with Gasteiger partial charge in [0.15, 0.2) is 5.82 Å². The van der Waals surface area contributed by atoms with Crippen LogP contribution in [0.5, 0.6) is 0 Å². The van der Waals surface area contributed by atoms with Crippen LogP contribution in [0.2, 0.25) is 0 Å². The first kappa shape index (κ1) is 24.2. The molecule has 36 heavy (non-hydrogen) atoms. The standard InChI is InChI=1S/C28H30N6OS/c1-34(2)17-9-14-21-18-24(30-25(29-21)19-10-4-3-5-11-19)26(35)31-23-16-7-6-15-22(23)28-33-32-27(36-28)20-12-8-13-20/h3-7,10-11,15-16,18,20H,8-9,12-14,17H2,1-2H3,(H,31,35). The van der Waals surface area contributed by atoms with Crippen molar-refractivity contribution in [3.8, 4) is 22.0 Å². The number of para-hydroxylation sites is 1. The van der Waals surface area contributed by atoms with Crippen molar-refractivity contribution in [2.24, 2.45) is 0 Å². The number of hydrogen-bond donors (Lipinski definition) is 1. The highest BCUT2D eigenvalue weighted by Crippen LogP contribution is 2.40. The molecular formula is C28H30N6OS. The molecule has 1 aliphatic rings. The van der Waals surface area contributed by atoms with E-state index in [9.17, 15) is 4.79 Å². The Balaban J connectivity index is 1.42. The molecule has 0 saturated heterocycles. The van der Waals surface area contributed by atoms with Crippen molar-refractivity contribution in [1.82, 2.24) is 25.1 Å². The molecule has 0 aliphatic heterocycles. The van der Waals surface area contributed by atoms with Crippen LogP contribution in [-0.2, 0) is 6.42 Å². The first-order valence-electron chi connectivity index (χ1n) is 12.4. The number of carbonyl (C=O) groups excluding carboxylic acids is 1. The van der Waals surface area contributed by atoms with Gasteiger partial charge in [0.2, 0.25) is 0 Å². The molecule has 1 aliphatic carbocycles. The summed E-state index contributed by atoms with van der Waals surface area (Å²) in [5.74, 6) is 0.826. The van der Waals surface area contributed by atoms with Crippen molar-refractivity contribution in [3.63, 3.8) is 0 Å². The largest absolute Gasteiger partial charge is 0.320 e. The van der Waals surface area contributed by atoms with E-state index in [4.69, 9.17) is 4.98 Å². The number of nitrogens with zero attached hydrogens (tertiary/aromatic N) is 5. The third-order valence-corrected chi connectivity index (χ3v) is 7.50. The van der Waals surface area contributed by atoms with Crippen LogP contribution < -0.4 is 5.32 Å². The molecule has 2 aromatic carbocycles. The zero-order valence-electron chi connectivity index (χ0n) is 20.6. The maximum atomic E-state index is 13.4. The van der Waals surface area contributed by atoms with Crippen molar-refractivity contribution in [2.45, 2.75) is 38.0 Å². The van der Waals surface area contributed by atoms with Gasteiger partial charge in [-0.1, -0.05) is 60.2 Å². The Hall–Kier alpha value is -3.49. The predicted octanol–water partition coefficient (Wildman–Crippen LogP) is 5.68. The van der Waals surface area contributed by atoms with E-state index in [2.05, 4.69) is 39.5 Å². The lowest BCUT2D eigenvalue weighted by Crippen LogP contribution is -2.17. The molecule has 7 nitrogen and oxygen atoms in total. The molecule has 0 bridgehead atoms. The fraction of sp³-hybridized carbons (Fsp3) is 0.321. The SMILES string of the molecule is CN(C)CCCc1cc(C(=O)Nc2ccccc2-c2nnc(C3CCC3)s2)nc(-c2ccccc2)n1. The molecule has 5 rings (SSSR count). The van der Waals surface area contributed by atoms with Gasteiger partial charge in [0, 0.05) is 22.7 Å². The van der Waals surface area contributed by atoms with Gasteiger partial charge < -0.3 is 10.2 Å². The Bertz CT molecular complexity index is 1330. The molecule has 2 aromatic heterocycles. The second-order valence-electron chi connectivity index (χ2n) is 9.41. The third-order valence-electron chi connectivity index (χ3n) is 6.38. The second-order valence-corrected chi connectivity index (χ2v) is 10.4. The van der Waals surface area contributed by atoms with Gasteiger partial charge in [0.1, 0.15) is 15.7 Å². The summed E-state index contributed by atoms with van der Waals surface area (Å²) in [4.78, 5) is 25.0. The smallest absolute Gasteiger partial charge is 0.274 e. The molecule has 0 atom stereocenters. The van der Waals surface area contributed by atoms with E-state index in [1.54, 1.807) is 17.4 Å². The number of nitrogens with one attached hydrogen (secondary N) is 1. The Morgan fingerprint density at radius 1 is 1.03 bits per heavy atom. The summed E-state index contributed by atoms with van der Waals surface area (Å²) in [6.45, 7) is 0.949. The van der Waals surface area contributed by atoms with Gasteiger partial charge in [0.25, 0.3) is 5.91 Å². The van der Waals surface area contributed by atoms with E-state index in [1.807, 2.05) is 54.6 Å². The number of rotatable bonds is 9. The Morgan fingerprint density at radius 2 is 1.81 bits per heavy atom. The second kappa shape index (κ2) is 11.1. The van der Waals surface area contributed by atoms with Gasteiger partial charge in [-0.25, -0.2) is 9.97 Å². The van der Waals surface area contributed by atoms with Gasteiger partial charge in [-0.3, -0.25) is 4.79 Å². The average Bonchev–Trinajstić information content (AvgIpc) is 3.32. The van der Waals surface area contributed by atoms with Crippen molar-refractivity contribution < 1.29 is 4.79 Å². The quantitative estimate of drug-likeness (QED) is 0.320. The molecule has 1 amide bonds. The maximum absolute atomic E-state index is 13.4. The van der Waals surface area contributed by atoms with Crippen molar-refractivity contribution >= 4 is 22.9 Å². The number of hydrogen-bond acceptors (Lipinski definition) is 7. The maximum Gasteiger partial charge on any atom is 0.274 e. The molecule has 1 saturated carbocycles. The monoisotopic (exact) mass is 498 g/mol. The normalized spacial score (nSPS) is 13.5. The van der Waals surface area contributed by atoms with Crippen LogP contribution >= 0.6 is 11.3 Å². The number of aromatic nitrogens is 4. The van der Waals surface area contributed by atoms with Crippen molar-refractivity contribution in [3.05, 3.63) is 77.1 Å². The molecular weight excluding hydrogens is 468 g/mol. The van der Waals surface area contributed by atoms with E-state index >= 15 is 0 Å².